The highest BCUT2D eigenvalue weighted by molar-refractivity contribution is 6.15. The summed E-state index contributed by atoms with van der Waals surface area (Å²) in [6.07, 6.45) is 3.12. The number of aryl methyl sites for hydroxylation is 1. The van der Waals surface area contributed by atoms with Gasteiger partial charge in [-0.05, 0) is 76.1 Å². The van der Waals surface area contributed by atoms with E-state index in [0.717, 1.165) is 19.3 Å². The Hall–Kier alpha value is -2.93. The van der Waals surface area contributed by atoms with Gasteiger partial charge in [-0.3, -0.25) is 4.79 Å². The molecule has 4 aromatic carbocycles. The van der Waals surface area contributed by atoms with Crippen LogP contribution in [0.1, 0.15) is 36.8 Å². The fourth-order valence-corrected chi connectivity index (χ4v) is 4.78. The molecule has 1 unspecified atom stereocenters. The minimum Gasteiger partial charge on any atom is -0.299 e. The molecule has 132 valence electrons. The predicted molar refractivity (Wildman–Crippen MR) is 113 cm³/mol. The number of fused-ring (bicyclic) bond motifs is 5. The Morgan fingerprint density at radius 1 is 0.815 bits per heavy atom. The zero-order chi connectivity index (χ0) is 18.4. The first kappa shape index (κ1) is 16.3. The molecule has 1 aliphatic rings. The van der Waals surface area contributed by atoms with Gasteiger partial charge >= 0.3 is 0 Å². The molecule has 27 heavy (non-hydrogen) atoms. The van der Waals surface area contributed by atoms with E-state index in [4.69, 9.17) is 0 Å². The molecule has 0 N–H and O–H groups in total. The maximum Gasteiger partial charge on any atom is 0.137 e. The third-order valence-corrected chi connectivity index (χ3v) is 6.06. The number of Topliss-reactive ketones (excluding diaryl/α,β-unsaturated/α-hetero) is 1. The maximum absolute atomic E-state index is 12.2. The Labute approximate surface area is 159 Å². The van der Waals surface area contributed by atoms with Gasteiger partial charge in [0.2, 0.25) is 0 Å². The summed E-state index contributed by atoms with van der Waals surface area (Å²) in [5, 5.41) is 5.20. The quantitative estimate of drug-likeness (QED) is 0.369. The van der Waals surface area contributed by atoms with E-state index in [9.17, 15) is 4.79 Å². The smallest absolute Gasteiger partial charge is 0.137 e. The zero-order valence-corrected chi connectivity index (χ0v) is 15.5. The molecular formula is C26H22O. The lowest BCUT2D eigenvalue weighted by Crippen LogP contribution is -2.16. The van der Waals surface area contributed by atoms with Crippen LogP contribution in [0, 0.1) is 0 Å². The SMILES string of the molecule is CC(=O)C1CCCc2c1ccc1c2cc(-c2ccccc2)c2ccccc21. The highest BCUT2D eigenvalue weighted by Gasteiger charge is 2.25. The summed E-state index contributed by atoms with van der Waals surface area (Å²) in [6, 6.07) is 26.1. The van der Waals surface area contributed by atoms with Gasteiger partial charge in [0.1, 0.15) is 5.78 Å². The van der Waals surface area contributed by atoms with Crippen LogP contribution in [-0.4, -0.2) is 5.78 Å². The molecule has 0 bridgehead atoms. The summed E-state index contributed by atoms with van der Waals surface area (Å²) in [6.45, 7) is 1.74. The standard InChI is InChI=1S/C26H22O/c1-17(27)19-12-7-13-22-23(19)14-15-24-20-10-5-6-11-21(20)25(16-26(22)24)18-8-3-2-4-9-18/h2-6,8-11,14-16,19H,7,12-13H2,1H3. The normalized spacial score (nSPS) is 16.4. The zero-order valence-electron chi connectivity index (χ0n) is 15.5. The van der Waals surface area contributed by atoms with Crippen LogP contribution in [0.15, 0.2) is 72.8 Å². The Morgan fingerprint density at radius 3 is 2.30 bits per heavy atom. The van der Waals surface area contributed by atoms with Gasteiger partial charge < -0.3 is 0 Å². The number of rotatable bonds is 2. The van der Waals surface area contributed by atoms with Gasteiger partial charge in [0, 0.05) is 5.92 Å². The molecule has 0 amide bonds. The van der Waals surface area contributed by atoms with Crippen LogP contribution >= 0.6 is 0 Å². The van der Waals surface area contributed by atoms with E-state index in [0.29, 0.717) is 5.78 Å². The summed E-state index contributed by atoms with van der Waals surface area (Å²) >= 11 is 0. The molecule has 4 aromatic rings. The summed E-state index contributed by atoms with van der Waals surface area (Å²) in [4.78, 5) is 12.2. The van der Waals surface area contributed by atoms with Crippen LogP contribution in [0.5, 0.6) is 0 Å². The van der Waals surface area contributed by atoms with Gasteiger partial charge in [-0.15, -0.1) is 0 Å². The van der Waals surface area contributed by atoms with Gasteiger partial charge in [0.05, 0.1) is 0 Å². The minimum atomic E-state index is 0.0600. The van der Waals surface area contributed by atoms with E-state index in [1.807, 2.05) is 0 Å². The minimum absolute atomic E-state index is 0.0600. The summed E-state index contributed by atoms with van der Waals surface area (Å²) in [7, 11) is 0. The first-order valence-corrected chi connectivity index (χ1v) is 9.77. The van der Waals surface area contributed by atoms with Gasteiger partial charge in [0.25, 0.3) is 0 Å². The van der Waals surface area contributed by atoms with E-state index >= 15 is 0 Å². The van der Waals surface area contributed by atoms with Gasteiger partial charge in [0.15, 0.2) is 0 Å². The Bertz CT molecular complexity index is 1170. The first-order valence-electron chi connectivity index (χ1n) is 9.77. The molecule has 1 heteroatoms. The fourth-order valence-electron chi connectivity index (χ4n) is 4.78. The first-order chi connectivity index (χ1) is 13.2. The number of carbonyl (C=O) groups excluding carboxylic acids is 1. The molecular weight excluding hydrogens is 328 g/mol. The molecule has 0 saturated heterocycles. The van der Waals surface area contributed by atoms with Crippen LogP contribution in [0.25, 0.3) is 32.7 Å². The second-order valence-corrected chi connectivity index (χ2v) is 7.62. The van der Waals surface area contributed by atoms with Crippen molar-refractivity contribution in [1.82, 2.24) is 0 Å². The molecule has 0 radical (unpaired) electrons. The van der Waals surface area contributed by atoms with Crippen LogP contribution in [0.2, 0.25) is 0 Å². The van der Waals surface area contributed by atoms with Crippen LogP contribution in [0.3, 0.4) is 0 Å². The number of hydrogen-bond acceptors (Lipinski definition) is 1. The molecule has 0 aromatic heterocycles. The van der Waals surface area contributed by atoms with Gasteiger partial charge in [-0.2, -0.15) is 0 Å². The number of carbonyl (C=O) groups is 1. The van der Waals surface area contributed by atoms with Crippen molar-refractivity contribution in [2.75, 3.05) is 0 Å². The Kier molecular flexibility index (Phi) is 3.82. The maximum atomic E-state index is 12.2. The Balaban J connectivity index is 1.89. The molecule has 0 aliphatic heterocycles. The lowest BCUT2D eigenvalue weighted by atomic mass is 9.78. The largest absolute Gasteiger partial charge is 0.299 e. The second kappa shape index (κ2) is 6.35. The van der Waals surface area contributed by atoms with Crippen molar-refractivity contribution in [2.45, 2.75) is 32.1 Å². The second-order valence-electron chi connectivity index (χ2n) is 7.62. The summed E-state index contributed by atoms with van der Waals surface area (Å²) < 4.78 is 0. The average Bonchev–Trinajstić information content (AvgIpc) is 2.73. The third kappa shape index (κ3) is 2.57. The van der Waals surface area contributed by atoms with E-state index in [-0.39, 0.29) is 5.92 Å². The van der Waals surface area contributed by atoms with Crippen molar-refractivity contribution in [3.8, 4) is 11.1 Å². The molecule has 1 nitrogen and oxygen atoms in total. The molecule has 0 heterocycles. The number of benzene rings is 4. The summed E-state index contributed by atoms with van der Waals surface area (Å²) in [5.74, 6) is 0.351. The monoisotopic (exact) mass is 350 g/mol. The number of ketones is 1. The van der Waals surface area contributed by atoms with E-state index in [2.05, 4.69) is 72.8 Å². The molecule has 5 rings (SSSR count). The third-order valence-electron chi connectivity index (χ3n) is 6.06. The molecule has 1 aliphatic carbocycles. The topological polar surface area (TPSA) is 17.1 Å². The molecule has 0 spiro atoms. The average molecular weight is 350 g/mol. The van der Waals surface area contributed by atoms with Crippen LogP contribution in [0.4, 0.5) is 0 Å². The van der Waals surface area contributed by atoms with E-state index < -0.39 is 0 Å². The van der Waals surface area contributed by atoms with E-state index in [1.54, 1.807) is 6.92 Å². The highest BCUT2D eigenvalue weighted by Crippen LogP contribution is 2.41. The highest BCUT2D eigenvalue weighted by atomic mass is 16.1. The fraction of sp³-hybridized carbons (Fsp3) is 0.192. The molecule has 1 atom stereocenters. The lowest BCUT2D eigenvalue weighted by molar-refractivity contribution is -0.118. The van der Waals surface area contributed by atoms with Crippen molar-refractivity contribution in [3.63, 3.8) is 0 Å². The van der Waals surface area contributed by atoms with Crippen LogP contribution < -0.4 is 0 Å². The van der Waals surface area contributed by atoms with Crippen molar-refractivity contribution in [1.29, 1.82) is 0 Å². The van der Waals surface area contributed by atoms with Crippen molar-refractivity contribution in [2.24, 2.45) is 0 Å². The van der Waals surface area contributed by atoms with Crippen molar-refractivity contribution in [3.05, 3.63) is 83.9 Å². The van der Waals surface area contributed by atoms with E-state index in [1.165, 1.54) is 43.8 Å². The lowest BCUT2D eigenvalue weighted by Gasteiger charge is -2.26. The van der Waals surface area contributed by atoms with Crippen molar-refractivity contribution >= 4 is 27.3 Å². The number of hydrogen-bond donors (Lipinski definition) is 0. The van der Waals surface area contributed by atoms with Gasteiger partial charge in [-0.1, -0.05) is 66.7 Å². The summed E-state index contributed by atoms with van der Waals surface area (Å²) in [5.41, 5.74) is 5.14. The molecule has 0 fully saturated rings. The van der Waals surface area contributed by atoms with Gasteiger partial charge in [-0.25, -0.2) is 0 Å². The van der Waals surface area contributed by atoms with Crippen LogP contribution in [-0.2, 0) is 11.2 Å². The predicted octanol–water partition coefficient (Wildman–Crippen LogP) is 6.67. The Morgan fingerprint density at radius 2 is 1.52 bits per heavy atom. The molecule has 0 saturated carbocycles. The van der Waals surface area contributed by atoms with Crippen molar-refractivity contribution < 1.29 is 4.79 Å².